The fraction of sp³-hybridized carbons (Fsp3) is 0.522. The van der Waals surface area contributed by atoms with E-state index in [0.29, 0.717) is 25.5 Å². The lowest BCUT2D eigenvalue weighted by Gasteiger charge is -2.30. The fourth-order valence-corrected chi connectivity index (χ4v) is 3.58. The maximum Gasteiger partial charge on any atom is 0.410 e. The van der Waals surface area contributed by atoms with Gasteiger partial charge in [-0.3, -0.25) is 0 Å². The second-order valence-corrected chi connectivity index (χ2v) is 8.90. The minimum atomic E-state index is -0.517. The molecule has 166 valence electrons. The van der Waals surface area contributed by atoms with Gasteiger partial charge in [-0.05, 0) is 57.0 Å². The third-order valence-electron chi connectivity index (χ3n) is 5.18. The first-order chi connectivity index (χ1) is 14.9. The summed E-state index contributed by atoms with van der Waals surface area (Å²) >= 11 is 0. The van der Waals surface area contributed by atoms with E-state index in [9.17, 15) is 4.79 Å². The molecule has 8 heteroatoms. The molecule has 2 aliphatic rings. The van der Waals surface area contributed by atoms with Gasteiger partial charge in [-0.2, -0.15) is 0 Å². The van der Waals surface area contributed by atoms with Crippen LogP contribution in [0.5, 0.6) is 5.75 Å². The molecule has 0 atom stereocenters. The van der Waals surface area contributed by atoms with E-state index in [1.807, 2.05) is 51.2 Å². The Hall–Kier alpha value is -2.87. The molecule has 1 amide bonds. The molecule has 1 aromatic carbocycles. The summed E-state index contributed by atoms with van der Waals surface area (Å²) in [5.74, 6) is 1.35. The summed E-state index contributed by atoms with van der Waals surface area (Å²) in [5.41, 5.74) is 2.26. The van der Waals surface area contributed by atoms with Crippen LogP contribution in [0.4, 0.5) is 16.4 Å². The van der Waals surface area contributed by atoms with Crippen molar-refractivity contribution in [3.8, 4) is 5.75 Å². The largest absolute Gasteiger partial charge is 0.490 e. The van der Waals surface area contributed by atoms with Crippen LogP contribution in [0, 0.1) is 0 Å². The summed E-state index contributed by atoms with van der Waals surface area (Å²) in [6, 6.07) is 7.79. The predicted octanol–water partition coefficient (Wildman–Crippen LogP) is 4.07. The van der Waals surface area contributed by atoms with E-state index < -0.39 is 5.60 Å². The summed E-state index contributed by atoms with van der Waals surface area (Å²) in [6.45, 7) is 8.13. The number of carbonyl (C=O) groups excluding carboxylic acids is 1. The smallest absolute Gasteiger partial charge is 0.410 e. The molecule has 0 radical (unpaired) electrons. The number of nitrogens with one attached hydrogen (secondary N) is 1. The van der Waals surface area contributed by atoms with Crippen molar-refractivity contribution in [3.05, 3.63) is 41.7 Å². The average molecular weight is 427 g/mol. The molecule has 0 bridgehead atoms. The maximum absolute atomic E-state index is 12.4. The standard InChI is InChI=1S/C23H30N4O4/c1-23(2,3)31-22(28)27-11-8-16-14-24-21(26-20(16)15-27)25-17-4-6-18(7-5-17)30-19-9-12-29-13-10-19/h4-7,14,19H,8-13,15H2,1-3H3,(H,24,25,26). The van der Waals surface area contributed by atoms with Gasteiger partial charge in [-0.25, -0.2) is 14.8 Å². The highest BCUT2D eigenvalue weighted by Gasteiger charge is 2.26. The second-order valence-electron chi connectivity index (χ2n) is 8.90. The van der Waals surface area contributed by atoms with Crippen molar-refractivity contribution in [2.75, 3.05) is 25.1 Å². The first-order valence-electron chi connectivity index (χ1n) is 10.8. The van der Waals surface area contributed by atoms with E-state index >= 15 is 0 Å². The van der Waals surface area contributed by atoms with E-state index in [1.54, 1.807) is 4.90 Å². The predicted molar refractivity (Wildman–Crippen MR) is 117 cm³/mol. The van der Waals surface area contributed by atoms with Crippen molar-refractivity contribution >= 4 is 17.7 Å². The van der Waals surface area contributed by atoms with Gasteiger partial charge in [0, 0.05) is 31.3 Å². The molecule has 0 aliphatic carbocycles. The Labute approximate surface area is 182 Å². The zero-order valence-electron chi connectivity index (χ0n) is 18.4. The SMILES string of the molecule is CC(C)(C)OC(=O)N1CCc2cnc(Nc3ccc(OC4CCOCC4)cc3)nc2C1. The van der Waals surface area contributed by atoms with Crippen LogP contribution in [-0.2, 0) is 22.4 Å². The lowest BCUT2D eigenvalue weighted by Crippen LogP contribution is -2.40. The molecule has 2 aliphatic heterocycles. The van der Waals surface area contributed by atoms with Crippen molar-refractivity contribution in [1.82, 2.24) is 14.9 Å². The Morgan fingerprint density at radius 2 is 1.94 bits per heavy atom. The lowest BCUT2D eigenvalue weighted by molar-refractivity contribution is 0.0220. The topological polar surface area (TPSA) is 85.8 Å². The van der Waals surface area contributed by atoms with E-state index in [0.717, 1.165) is 48.7 Å². The number of anilines is 2. The summed E-state index contributed by atoms with van der Waals surface area (Å²) in [7, 11) is 0. The van der Waals surface area contributed by atoms with Gasteiger partial charge in [-0.1, -0.05) is 0 Å². The molecule has 2 aromatic rings. The Morgan fingerprint density at radius 1 is 1.19 bits per heavy atom. The zero-order chi connectivity index (χ0) is 21.8. The van der Waals surface area contributed by atoms with Crippen molar-refractivity contribution < 1.29 is 19.0 Å². The Bertz CT molecular complexity index is 905. The van der Waals surface area contributed by atoms with Crippen LogP contribution in [0.15, 0.2) is 30.5 Å². The number of amides is 1. The van der Waals surface area contributed by atoms with Gasteiger partial charge in [0.05, 0.1) is 25.5 Å². The number of benzene rings is 1. The molecule has 1 aromatic heterocycles. The summed E-state index contributed by atoms with van der Waals surface area (Å²) in [4.78, 5) is 23.2. The number of nitrogens with zero attached hydrogens (tertiary/aromatic N) is 3. The Balaban J connectivity index is 1.38. The van der Waals surface area contributed by atoms with E-state index in [4.69, 9.17) is 14.2 Å². The number of carbonyl (C=O) groups is 1. The average Bonchev–Trinajstić information content (AvgIpc) is 2.74. The summed E-state index contributed by atoms with van der Waals surface area (Å²) < 4.78 is 16.9. The summed E-state index contributed by atoms with van der Waals surface area (Å²) in [6.07, 6.45) is 4.29. The van der Waals surface area contributed by atoms with E-state index in [1.165, 1.54) is 0 Å². The highest BCUT2D eigenvalue weighted by molar-refractivity contribution is 5.68. The lowest BCUT2D eigenvalue weighted by atomic mass is 10.1. The van der Waals surface area contributed by atoms with Crippen LogP contribution in [0.1, 0.15) is 44.9 Å². The molecule has 31 heavy (non-hydrogen) atoms. The number of rotatable bonds is 4. The minimum Gasteiger partial charge on any atom is -0.490 e. The van der Waals surface area contributed by atoms with E-state index in [-0.39, 0.29) is 12.2 Å². The molecule has 0 unspecified atom stereocenters. The summed E-state index contributed by atoms with van der Waals surface area (Å²) in [5, 5.41) is 3.23. The molecule has 8 nitrogen and oxygen atoms in total. The second kappa shape index (κ2) is 9.09. The van der Waals surface area contributed by atoms with Gasteiger partial charge in [0.2, 0.25) is 5.95 Å². The highest BCUT2D eigenvalue weighted by Crippen LogP contribution is 2.24. The highest BCUT2D eigenvalue weighted by atomic mass is 16.6. The molecule has 0 saturated carbocycles. The molecule has 1 fully saturated rings. The van der Waals surface area contributed by atoms with Gasteiger partial charge in [0.15, 0.2) is 0 Å². The third-order valence-corrected chi connectivity index (χ3v) is 5.18. The Kier molecular flexibility index (Phi) is 6.27. The number of hydrogen-bond acceptors (Lipinski definition) is 7. The van der Waals surface area contributed by atoms with Crippen molar-refractivity contribution in [2.24, 2.45) is 0 Å². The molecule has 1 N–H and O–H groups in total. The number of aromatic nitrogens is 2. The van der Waals surface area contributed by atoms with Crippen LogP contribution in [0.25, 0.3) is 0 Å². The maximum atomic E-state index is 12.4. The minimum absolute atomic E-state index is 0.212. The first-order valence-corrected chi connectivity index (χ1v) is 10.8. The monoisotopic (exact) mass is 426 g/mol. The molecular weight excluding hydrogens is 396 g/mol. The van der Waals surface area contributed by atoms with Crippen molar-refractivity contribution in [1.29, 1.82) is 0 Å². The number of fused-ring (bicyclic) bond motifs is 1. The van der Waals surface area contributed by atoms with Gasteiger partial charge < -0.3 is 24.4 Å². The molecule has 4 rings (SSSR count). The van der Waals surface area contributed by atoms with Crippen molar-refractivity contribution in [3.63, 3.8) is 0 Å². The van der Waals surface area contributed by atoms with E-state index in [2.05, 4.69) is 15.3 Å². The zero-order valence-corrected chi connectivity index (χ0v) is 18.4. The molecule has 1 saturated heterocycles. The number of hydrogen-bond donors (Lipinski definition) is 1. The van der Waals surface area contributed by atoms with Gasteiger partial charge in [-0.15, -0.1) is 0 Å². The van der Waals surface area contributed by atoms with Crippen LogP contribution in [-0.4, -0.2) is 52.4 Å². The van der Waals surface area contributed by atoms with Crippen LogP contribution in [0.2, 0.25) is 0 Å². The van der Waals surface area contributed by atoms with Gasteiger partial charge in [0.25, 0.3) is 0 Å². The third kappa shape index (κ3) is 5.85. The quantitative estimate of drug-likeness (QED) is 0.789. The molecular formula is C23H30N4O4. The van der Waals surface area contributed by atoms with Crippen LogP contribution < -0.4 is 10.1 Å². The van der Waals surface area contributed by atoms with Crippen molar-refractivity contribution in [2.45, 2.75) is 58.3 Å². The fourth-order valence-electron chi connectivity index (χ4n) is 3.58. The Morgan fingerprint density at radius 3 is 2.65 bits per heavy atom. The van der Waals surface area contributed by atoms with Crippen LogP contribution in [0.3, 0.4) is 0 Å². The van der Waals surface area contributed by atoms with Gasteiger partial charge >= 0.3 is 6.09 Å². The molecule has 3 heterocycles. The van der Waals surface area contributed by atoms with Gasteiger partial charge in [0.1, 0.15) is 17.5 Å². The normalized spacial score (nSPS) is 17.1. The van der Waals surface area contributed by atoms with Crippen LogP contribution >= 0.6 is 0 Å². The molecule has 0 spiro atoms. The number of ether oxygens (including phenoxy) is 3. The first kappa shape index (κ1) is 21.4.